The first-order chi connectivity index (χ1) is 9.07. The average Bonchev–Trinajstić information content (AvgIpc) is 2.89. The normalized spacial score (nSPS) is 17.7. The second-order valence-corrected chi connectivity index (χ2v) is 7.06. The highest BCUT2D eigenvalue weighted by Gasteiger charge is 2.35. The maximum Gasteiger partial charge on any atom is 0.282 e. The number of aliphatic hydroxyl groups is 1. The SMILES string of the molecule is CCCN(CCC)S(=O)(=O)N(CCO)C1CCCC1. The maximum absolute atomic E-state index is 12.7. The zero-order valence-corrected chi connectivity index (χ0v) is 13.0. The van der Waals surface area contributed by atoms with Gasteiger partial charge in [0.15, 0.2) is 0 Å². The summed E-state index contributed by atoms with van der Waals surface area (Å²) in [7, 11) is -3.43. The Bertz CT molecular complexity index is 334. The van der Waals surface area contributed by atoms with Crippen LogP contribution in [0.2, 0.25) is 0 Å². The monoisotopic (exact) mass is 292 g/mol. The number of hydrogen-bond donors (Lipinski definition) is 1. The number of rotatable bonds is 9. The third kappa shape index (κ3) is 4.41. The predicted octanol–water partition coefficient (Wildman–Crippen LogP) is 1.59. The van der Waals surface area contributed by atoms with Crippen molar-refractivity contribution in [2.75, 3.05) is 26.2 Å². The lowest BCUT2D eigenvalue weighted by atomic mass is 10.2. The van der Waals surface area contributed by atoms with E-state index in [1.807, 2.05) is 13.8 Å². The summed E-state index contributed by atoms with van der Waals surface area (Å²) in [5, 5.41) is 9.18. The van der Waals surface area contributed by atoms with E-state index in [1.54, 1.807) is 4.31 Å². The number of nitrogens with zero attached hydrogens (tertiary/aromatic N) is 2. The Balaban J connectivity index is 2.88. The lowest BCUT2D eigenvalue weighted by Gasteiger charge is -2.33. The molecule has 114 valence electrons. The quantitative estimate of drug-likeness (QED) is 0.702. The fraction of sp³-hybridized carbons (Fsp3) is 1.00. The lowest BCUT2D eigenvalue weighted by Crippen LogP contribution is -2.49. The minimum absolute atomic E-state index is 0.0772. The van der Waals surface area contributed by atoms with Gasteiger partial charge in [0.2, 0.25) is 0 Å². The largest absolute Gasteiger partial charge is 0.395 e. The van der Waals surface area contributed by atoms with Crippen molar-refractivity contribution in [3.8, 4) is 0 Å². The van der Waals surface area contributed by atoms with Crippen LogP contribution in [0.1, 0.15) is 52.4 Å². The Kier molecular flexibility index (Phi) is 7.28. The third-order valence-corrected chi connectivity index (χ3v) is 5.71. The first-order valence-corrected chi connectivity index (χ1v) is 8.85. The Labute approximate surface area is 117 Å². The smallest absolute Gasteiger partial charge is 0.282 e. The molecule has 0 aromatic heterocycles. The van der Waals surface area contributed by atoms with Crippen molar-refractivity contribution >= 4 is 10.2 Å². The molecule has 0 heterocycles. The van der Waals surface area contributed by atoms with E-state index in [2.05, 4.69) is 0 Å². The number of aliphatic hydroxyl groups excluding tert-OH is 1. The van der Waals surface area contributed by atoms with E-state index < -0.39 is 10.2 Å². The molecule has 19 heavy (non-hydrogen) atoms. The zero-order chi connectivity index (χ0) is 14.3. The van der Waals surface area contributed by atoms with Gasteiger partial charge in [-0.1, -0.05) is 26.7 Å². The Morgan fingerprint density at radius 3 is 2.00 bits per heavy atom. The molecular weight excluding hydrogens is 264 g/mol. The van der Waals surface area contributed by atoms with E-state index in [1.165, 1.54) is 4.31 Å². The third-order valence-electron chi connectivity index (χ3n) is 3.62. The Morgan fingerprint density at radius 2 is 1.58 bits per heavy atom. The standard InChI is InChI=1S/C13H28N2O3S/c1-3-9-14(10-4-2)19(17,18)15(11-12-16)13-7-5-6-8-13/h13,16H,3-12H2,1-2H3. The fourth-order valence-electron chi connectivity index (χ4n) is 2.77. The summed E-state index contributed by atoms with van der Waals surface area (Å²) in [6.07, 6.45) is 5.65. The van der Waals surface area contributed by atoms with Crippen LogP contribution < -0.4 is 0 Å². The molecule has 1 fully saturated rings. The molecule has 0 spiro atoms. The van der Waals surface area contributed by atoms with Gasteiger partial charge in [-0.2, -0.15) is 17.0 Å². The first kappa shape index (κ1) is 16.9. The van der Waals surface area contributed by atoms with Crippen molar-refractivity contribution in [2.24, 2.45) is 0 Å². The van der Waals surface area contributed by atoms with Gasteiger partial charge in [0, 0.05) is 25.7 Å². The van der Waals surface area contributed by atoms with Crippen LogP contribution in [0.4, 0.5) is 0 Å². The van der Waals surface area contributed by atoms with E-state index in [9.17, 15) is 13.5 Å². The van der Waals surface area contributed by atoms with Crippen molar-refractivity contribution < 1.29 is 13.5 Å². The van der Waals surface area contributed by atoms with E-state index in [-0.39, 0.29) is 19.2 Å². The van der Waals surface area contributed by atoms with Gasteiger partial charge in [-0.15, -0.1) is 0 Å². The van der Waals surface area contributed by atoms with Crippen molar-refractivity contribution in [1.29, 1.82) is 0 Å². The van der Waals surface area contributed by atoms with E-state index in [0.717, 1.165) is 38.5 Å². The molecule has 1 aliphatic rings. The minimum atomic E-state index is -3.43. The lowest BCUT2D eigenvalue weighted by molar-refractivity contribution is 0.214. The maximum atomic E-state index is 12.7. The van der Waals surface area contributed by atoms with E-state index in [0.29, 0.717) is 13.1 Å². The summed E-state index contributed by atoms with van der Waals surface area (Å²) in [4.78, 5) is 0. The Morgan fingerprint density at radius 1 is 1.05 bits per heavy atom. The van der Waals surface area contributed by atoms with Crippen LogP contribution in [0.25, 0.3) is 0 Å². The molecule has 1 rings (SSSR count). The summed E-state index contributed by atoms with van der Waals surface area (Å²) in [6, 6.07) is 0.0772. The molecule has 0 aliphatic heterocycles. The van der Waals surface area contributed by atoms with Gasteiger partial charge >= 0.3 is 0 Å². The highest BCUT2D eigenvalue weighted by atomic mass is 32.2. The van der Waals surface area contributed by atoms with Gasteiger partial charge in [-0.25, -0.2) is 0 Å². The second kappa shape index (κ2) is 8.19. The van der Waals surface area contributed by atoms with Gasteiger partial charge < -0.3 is 5.11 Å². The summed E-state index contributed by atoms with van der Waals surface area (Å²) < 4.78 is 28.6. The van der Waals surface area contributed by atoms with Crippen LogP contribution in [0.15, 0.2) is 0 Å². The van der Waals surface area contributed by atoms with Crippen LogP contribution in [0.3, 0.4) is 0 Å². The second-order valence-electron chi connectivity index (χ2n) is 5.18. The molecule has 1 N–H and O–H groups in total. The van der Waals surface area contributed by atoms with Gasteiger partial charge in [0.1, 0.15) is 0 Å². The molecule has 0 bridgehead atoms. The zero-order valence-electron chi connectivity index (χ0n) is 12.2. The molecule has 0 aromatic rings. The number of hydrogen-bond acceptors (Lipinski definition) is 3. The molecule has 0 unspecified atom stereocenters. The summed E-state index contributed by atoms with van der Waals surface area (Å²) in [5.74, 6) is 0. The average molecular weight is 292 g/mol. The van der Waals surface area contributed by atoms with Crippen LogP contribution in [0, 0.1) is 0 Å². The van der Waals surface area contributed by atoms with E-state index >= 15 is 0 Å². The molecule has 1 aliphatic carbocycles. The molecule has 1 saturated carbocycles. The molecule has 6 heteroatoms. The molecule has 0 aromatic carbocycles. The fourth-order valence-corrected chi connectivity index (χ4v) is 4.79. The van der Waals surface area contributed by atoms with Gasteiger partial charge in [-0.3, -0.25) is 0 Å². The molecule has 0 radical (unpaired) electrons. The summed E-state index contributed by atoms with van der Waals surface area (Å²) in [6.45, 7) is 5.21. The van der Waals surface area contributed by atoms with Crippen LogP contribution in [-0.4, -0.2) is 54.4 Å². The molecule has 0 saturated heterocycles. The molecule has 0 amide bonds. The van der Waals surface area contributed by atoms with Crippen molar-refractivity contribution in [3.05, 3.63) is 0 Å². The van der Waals surface area contributed by atoms with Crippen molar-refractivity contribution in [3.63, 3.8) is 0 Å². The van der Waals surface area contributed by atoms with Crippen LogP contribution in [-0.2, 0) is 10.2 Å². The van der Waals surface area contributed by atoms with Gasteiger partial charge in [0.05, 0.1) is 6.61 Å². The highest BCUT2D eigenvalue weighted by molar-refractivity contribution is 7.86. The van der Waals surface area contributed by atoms with Crippen LogP contribution >= 0.6 is 0 Å². The summed E-state index contributed by atoms with van der Waals surface area (Å²) in [5.41, 5.74) is 0. The predicted molar refractivity (Wildman–Crippen MR) is 77.1 cm³/mol. The molecule has 0 atom stereocenters. The first-order valence-electron chi connectivity index (χ1n) is 7.45. The Hall–Kier alpha value is -0.170. The molecule has 5 nitrogen and oxygen atoms in total. The van der Waals surface area contributed by atoms with Gasteiger partial charge in [-0.05, 0) is 25.7 Å². The summed E-state index contributed by atoms with van der Waals surface area (Å²) >= 11 is 0. The van der Waals surface area contributed by atoms with Gasteiger partial charge in [0.25, 0.3) is 10.2 Å². The highest BCUT2D eigenvalue weighted by Crippen LogP contribution is 2.26. The van der Waals surface area contributed by atoms with Crippen molar-refractivity contribution in [2.45, 2.75) is 58.4 Å². The van der Waals surface area contributed by atoms with E-state index in [4.69, 9.17) is 0 Å². The topological polar surface area (TPSA) is 60.9 Å². The van der Waals surface area contributed by atoms with Crippen molar-refractivity contribution in [1.82, 2.24) is 8.61 Å². The molecular formula is C13H28N2O3S. The minimum Gasteiger partial charge on any atom is -0.395 e. The van der Waals surface area contributed by atoms with Crippen LogP contribution in [0.5, 0.6) is 0 Å².